The Morgan fingerprint density at radius 2 is 2.26 bits per heavy atom. The molecule has 0 atom stereocenters. The zero-order chi connectivity index (χ0) is 13.7. The van der Waals surface area contributed by atoms with Crippen molar-refractivity contribution < 1.29 is 4.74 Å². The molecule has 0 saturated carbocycles. The van der Waals surface area contributed by atoms with Gasteiger partial charge in [-0.25, -0.2) is 9.78 Å². The molecule has 2 aromatic rings. The van der Waals surface area contributed by atoms with Gasteiger partial charge >= 0.3 is 5.69 Å². The number of rotatable bonds is 5. The summed E-state index contributed by atoms with van der Waals surface area (Å²) in [5.74, 6) is 0.745. The van der Waals surface area contributed by atoms with E-state index in [0.717, 1.165) is 17.7 Å². The molecule has 0 saturated heterocycles. The van der Waals surface area contributed by atoms with Crippen molar-refractivity contribution in [1.82, 2.24) is 9.55 Å². The van der Waals surface area contributed by atoms with E-state index in [1.165, 1.54) is 0 Å². The lowest BCUT2D eigenvalue weighted by Gasteiger charge is -2.08. The Morgan fingerprint density at radius 3 is 3.05 bits per heavy atom. The smallest absolute Gasteiger partial charge is 0.347 e. The Hall–Kier alpha value is -2.30. The summed E-state index contributed by atoms with van der Waals surface area (Å²) in [5.41, 5.74) is 7.08. The number of anilines is 1. The third-order valence-electron chi connectivity index (χ3n) is 2.65. The number of hydrogen-bond acceptors (Lipinski definition) is 4. The molecule has 2 rings (SSSR count). The van der Waals surface area contributed by atoms with Gasteiger partial charge < -0.3 is 10.5 Å². The Morgan fingerprint density at radius 1 is 1.42 bits per heavy atom. The van der Waals surface area contributed by atoms with Gasteiger partial charge in [0.1, 0.15) is 5.75 Å². The fourth-order valence-corrected chi connectivity index (χ4v) is 1.75. The van der Waals surface area contributed by atoms with Gasteiger partial charge in [0.25, 0.3) is 0 Å². The van der Waals surface area contributed by atoms with E-state index in [1.807, 2.05) is 25.1 Å². The predicted molar refractivity (Wildman–Crippen MR) is 74.2 cm³/mol. The van der Waals surface area contributed by atoms with Crippen LogP contribution < -0.4 is 16.2 Å². The molecule has 0 aliphatic rings. The van der Waals surface area contributed by atoms with Gasteiger partial charge in [-0.05, 0) is 31.0 Å². The molecule has 2 N–H and O–H groups in total. The molecule has 0 aliphatic heterocycles. The molecule has 1 aromatic carbocycles. The molecule has 1 aromatic heterocycles. The minimum absolute atomic E-state index is 0.227. The number of benzene rings is 1. The number of aromatic nitrogens is 2. The molecular formula is C14H17N3O2. The quantitative estimate of drug-likeness (QED) is 0.654. The lowest BCUT2D eigenvalue weighted by molar-refractivity contribution is 0.300. The molecule has 5 heteroatoms. The van der Waals surface area contributed by atoms with Crippen LogP contribution in [0, 0.1) is 6.92 Å². The summed E-state index contributed by atoms with van der Waals surface area (Å²) in [6, 6.07) is 7.29. The highest BCUT2D eigenvalue weighted by molar-refractivity contribution is 5.43. The van der Waals surface area contributed by atoms with Crippen molar-refractivity contribution in [3.63, 3.8) is 0 Å². The lowest BCUT2D eigenvalue weighted by Crippen LogP contribution is -2.23. The fraction of sp³-hybridized carbons (Fsp3) is 0.286. The standard InChI is InChI=1S/C14H17N3O2/c1-11-9-16-14(18)17(10-11)6-3-7-19-13-5-2-4-12(15)8-13/h2,4-5,8-10H,3,6-7,15H2,1H3. The summed E-state index contributed by atoms with van der Waals surface area (Å²) >= 11 is 0. The van der Waals surface area contributed by atoms with Crippen molar-refractivity contribution in [3.8, 4) is 5.75 Å². The van der Waals surface area contributed by atoms with E-state index < -0.39 is 0 Å². The maximum Gasteiger partial charge on any atom is 0.347 e. The third-order valence-corrected chi connectivity index (χ3v) is 2.65. The molecule has 100 valence electrons. The van der Waals surface area contributed by atoms with E-state index in [4.69, 9.17) is 10.5 Å². The summed E-state index contributed by atoms with van der Waals surface area (Å²) in [6.45, 7) is 3.03. The second kappa shape index (κ2) is 6.04. The van der Waals surface area contributed by atoms with Crippen molar-refractivity contribution in [3.05, 3.63) is 52.7 Å². The summed E-state index contributed by atoms with van der Waals surface area (Å²) in [6.07, 6.45) is 4.11. The van der Waals surface area contributed by atoms with Crippen LogP contribution in [0.3, 0.4) is 0 Å². The zero-order valence-corrected chi connectivity index (χ0v) is 10.9. The van der Waals surface area contributed by atoms with Gasteiger partial charge in [-0.15, -0.1) is 0 Å². The van der Waals surface area contributed by atoms with E-state index in [9.17, 15) is 4.79 Å². The molecule has 1 heterocycles. The van der Waals surface area contributed by atoms with Gasteiger partial charge in [-0.1, -0.05) is 6.07 Å². The van der Waals surface area contributed by atoms with E-state index >= 15 is 0 Å². The second-order valence-corrected chi connectivity index (χ2v) is 4.38. The van der Waals surface area contributed by atoms with Crippen molar-refractivity contribution in [1.29, 1.82) is 0 Å². The summed E-state index contributed by atoms with van der Waals surface area (Å²) in [4.78, 5) is 15.3. The van der Waals surface area contributed by atoms with Crippen molar-refractivity contribution in [2.75, 3.05) is 12.3 Å². The van der Waals surface area contributed by atoms with Crippen LogP contribution in [0.15, 0.2) is 41.5 Å². The largest absolute Gasteiger partial charge is 0.493 e. The first-order valence-corrected chi connectivity index (χ1v) is 6.16. The summed E-state index contributed by atoms with van der Waals surface area (Å²) in [7, 11) is 0. The van der Waals surface area contributed by atoms with Crippen LogP contribution in [0.2, 0.25) is 0 Å². The molecule has 19 heavy (non-hydrogen) atoms. The Kier molecular flexibility index (Phi) is 4.18. The van der Waals surface area contributed by atoms with Crippen LogP contribution in [-0.4, -0.2) is 16.2 Å². The number of ether oxygens (including phenoxy) is 1. The Balaban J connectivity index is 1.84. The summed E-state index contributed by atoms with van der Waals surface area (Å²) in [5, 5.41) is 0. The van der Waals surface area contributed by atoms with Gasteiger partial charge in [0, 0.05) is 30.7 Å². The molecule has 0 unspecified atom stereocenters. The van der Waals surface area contributed by atoms with E-state index in [-0.39, 0.29) is 5.69 Å². The average Bonchev–Trinajstić information content (AvgIpc) is 2.39. The lowest BCUT2D eigenvalue weighted by atomic mass is 10.3. The van der Waals surface area contributed by atoms with Crippen LogP contribution in [0.1, 0.15) is 12.0 Å². The molecule has 0 radical (unpaired) electrons. The molecule has 0 spiro atoms. The first kappa shape index (κ1) is 13.1. The summed E-state index contributed by atoms with van der Waals surface area (Å²) < 4.78 is 7.16. The topological polar surface area (TPSA) is 70.1 Å². The molecule has 5 nitrogen and oxygen atoms in total. The SMILES string of the molecule is Cc1cnc(=O)n(CCCOc2cccc(N)c2)c1. The van der Waals surface area contributed by atoms with Crippen molar-refractivity contribution in [2.45, 2.75) is 19.9 Å². The highest BCUT2D eigenvalue weighted by atomic mass is 16.5. The normalized spacial score (nSPS) is 10.4. The first-order valence-electron chi connectivity index (χ1n) is 6.16. The van der Waals surface area contributed by atoms with Crippen molar-refractivity contribution in [2.24, 2.45) is 0 Å². The third kappa shape index (κ3) is 3.84. The molecular weight excluding hydrogens is 242 g/mol. The maximum absolute atomic E-state index is 11.5. The Labute approximate surface area is 111 Å². The van der Waals surface area contributed by atoms with Crippen LogP contribution in [-0.2, 0) is 6.54 Å². The van der Waals surface area contributed by atoms with E-state index in [2.05, 4.69) is 4.98 Å². The second-order valence-electron chi connectivity index (χ2n) is 4.38. The van der Waals surface area contributed by atoms with E-state index in [0.29, 0.717) is 18.8 Å². The molecule has 0 fully saturated rings. The molecule has 0 amide bonds. The van der Waals surface area contributed by atoms with Crippen LogP contribution >= 0.6 is 0 Å². The molecule has 0 aliphatic carbocycles. The highest BCUT2D eigenvalue weighted by Gasteiger charge is 1.98. The monoisotopic (exact) mass is 259 g/mol. The minimum atomic E-state index is -0.227. The van der Waals surface area contributed by atoms with Gasteiger partial charge in [0.15, 0.2) is 0 Å². The Bertz CT molecular complexity index is 608. The number of nitrogens with two attached hydrogens (primary N) is 1. The zero-order valence-electron chi connectivity index (χ0n) is 10.9. The van der Waals surface area contributed by atoms with Gasteiger partial charge in [-0.3, -0.25) is 4.57 Å². The van der Waals surface area contributed by atoms with Crippen molar-refractivity contribution >= 4 is 5.69 Å². The molecule has 0 bridgehead atoms. The highest BCUT2D eigenvalue weighted by Crippen LogP contribution is 2.14. The number of nitrogens with zero attached hydrogens (tertiary/aromatic N) is 2. The average molecular weight is 259 g/mol. The first-order chi connectivity index (χ1) is 9.15. The van der Waals surface area contributed by atoms with Crippen LogP contribution in [0.25, 0.3) is 0 Å². The number of aryl methyl sites for hydroxylation is 2. The van der Waals surface area contributed by atoms with Crippen LogP contribution in [0.4, 0.5) is 5.69 Å². The minimum Gasteiger partial charge on any atom is -0.493 e. The van der Waals surface area contributed by atoms with Gasteiger partial charge in [-0.2, -0.15) is 0 Å². The number of hydrogen-bond donors (Lipinski definition) is 1. The van der Waals surface area contributed by atoms with Crippen LogP contribution in [0.5, 0.6) is 5.75 Å². The number of nitrogen functional groups attached to an aromatic ring is 1. The van der Waals surface area contributed by atoms with Gasteiger partial charge in [0.2, 0.25) is 0 Å². The van der Waals surface area contributed by atoms with E-state index in [1.54, 1.807) is 23.0 Å². The maximum atomic E-state index is 11.5. The predicted octanol–water partition coefficient (Wildman–Crippen LogP) is 1.60. The van der Waals surface area contributed by atoms with Gasteiger partial charge in [0.05, 0.1) is 6.61 Å². The fourth-order valence-electron chi connectivity index (χ4n) is 1.75.